The molecule has 132 valence electrons. The lowest BCUT2D eigenvalue weighted by atomic mass is 9.89. The summed E-state index contributed by atoms with van der Waals surface area (Å²) in [4.78, 5) is 28.4. The first-order valence-electron chi connectivity index (χ1n) is 8.95. The minimum absolute atomic E-state index is 0.0833. The number of nitrogen functional groups attached to an aromatic ring is 1. The van der Waals surface area contributed by atoms with E-state index >= 15 is 0 Å². The van der Waals surface area contributed by atoms with E-state index in [0.717, 1.165) is 38.0 Å². The van der Waals surface area contributed by atoms with Crippen LogP contribution in [-0.4, -0.2) is 29.6 Å². The van der Waals surface area contributed by atoms with E-state index in [9.17, 15) is 9.59 Å². The molecular formula is C21H21N3O2. The van der Waals surface area contributed by atoms with Crippen LogP contribution in [0.4, 0.5) is 11.4 Å². The Morgan fingerprint density at radius 1 is 0.808 bits per heavy atom. The Balaban J connectivity index is 1.81. The number of allylic oxidation sites excluding steroid dienone is 2. The number of Topliss-reactive ketones (excluding diaryl/α,β-unsaturated/α-hetero) is 2. The number of nitrogens with zero attached hydrogens (tertiary/aromatic N) is 1. The zero-order valence-electron chi connectivity index (χ0n) is 14.5. The predicted molar refractivity (Wildman–Crippen MR) is 102 cm³/mol. The smallest absolute Gasteiger partial charge is 0.212 e. The fraction of sp³-hybridized carbons (Fsp3) is 0.238. The predicted octanol–water partition coefficient (Wildman–Crippen LogP) is 3.46. The topological polar surface area (TPSA) is 75.4 Å². The van der Waals surface area contributed by atoms with E-state index < -0.39 is 0 Å². The summed E-state index contributed by atoms with van der Waals surface area (Å²) in [7, 11) is 0. The van der Waals surface area contributed by atoms with Crippen molar-refractivity contribution < 1.29 is 9.59 Å². The number of hydrogen-bond donors (Lipinski definition) is 2. The number of carbonyl (C=O) groups excluding carboxylic acids is 2. The summed E-state index contributed by atoms with van der Waals surface area (Å²) in [5.41, 5.74) is 8.93. The van der Waals surface area contributed by atoms with Crippen LogP contribution in [0.2, 0.25) is 0 Å². The highest BCUT2D eigenvalue weighted by atomic mass is 16.1. The van der Waals surface area contributed by atoms with Gasteiger partial charge in [0.05, 0.1) is 0 Å². The highest BCUT2D eigenvalue weighted by Gasteiger charge is 2.35. The van der Waals surface area contributed by atoms with Crippen molar-refractivity contribution in [3.05, 3.63) is 71.1 Å². The molecule has 3 N–H and O–H groups in total. The Labute approximate surface area is 152 Å². The van der Waals surface area contributed by atoms with Crippen LogP contribution >= 0.6 is 0 Å². The van der Waals surface area contributed by atoms with E-state index in [1.54, 1.807) is 36.4 Å². The molecule has 0 saturated carbocycles. The van der Waals surface area contributed by atoms with Crippen molar-refractivity contribution in [2.24, 2.45) is 0 Å². The molecule has 0 spiro atoms. The first-order valence-corrected chi connectivity index (χ1v) is 8.95. The van der Waals surface area contributed by atoms with Crippen LogP contribution < -0.4 is 11.1 Å². The van der Waals surface area contributed by atoms with Gasteiger partial charge < -0.3 is 16.0 Å². The summed E-state index contributed by atoms with van der Waals surface area (Å²) in [6.45, 7) is 1.59. The molecule has 0 amide bonds. The van der Waals surface area contributed by atoms with Gasteiger partial charge in [0.1, 0.15) is 11.4 Å². The standard InChI is InChI=1S/C21H21N3O2/c22-14-8-10-15(11-9-14)23-18-19(24-12-4-1-5-13-24)21(26)17-7-3-2-6-16(17)20(18)25/h2-3,6-11,23H,1,4-5,12-13,22H2. The van der Waals surface area contributed by atoms with Crippen LogP contribution in [0.1, 0.15) is 40.0 Å². The summed E-state index contributed by atoms with van der Waals surface area (Å²) < 4.78 is 0. The molecule has 0 aromatic heterocycles. The number of carbonyl (C=O) groups is 2. The molecule has 0 atom stereocenters. The Morgan fingerprint density at radius 2 is 1.42 bits per heavy atom. The second-order valence-electron chi connectivity index (χ2n) is 6.72. The minimum Gasteiger partial charge on any atom is -0.399 e. The van der Waals surface area contributed by atoms with Crippen LogP contribution in [0.25, 0.3) is 0 Å². The molecule has 1 saturated heterocycles. The van der Waals surface area contributed by atoms with Gasteiger partial charge in [0.15, 0.2) is 0 Å². The third-order valence-corrected chi connectivity index (χ3v) is 4.95. The number of nitrogens with two attached hydrogens (primary N) is 1. The lowest BCUT2D eigenvalue weighted by Crippen LogP contribution is -2.39. The monoisotopic (exact) mass is 347 g/mol. The average molecular weight is 347 g/mol. The second-order valence-corrected chi connectivity index (χ2v) is 6.72. The van der Waals surface area contributed by atoms with Crippen molar-refractivity contribution in [1.82, 2.24) is 4.90 Å². The number of fused-ring (bicyclic) bond motifs is 1. The van der Waals surface area contributed by atoms with Crippen molar-refractivity contribution in [2.45, 2.75) is 19.3 Å². The quantitative estimate of drug-likeness (QED) is 0.832. The maximum atomic E-state index is 13.2. The molecule has 2 aromatic carbocycles. The van der Waals surface area contributed by atoms with Gasteiger partial charge in [-0.25, -0.2) is 0 Å². The van der Waals surface area contributed by atoms with Crippen LogP contribution in [0.15, 0.2) is 59.9 Å². The average Bonchev–Trinajstić information content (AvgIpc) is 2.68. The number of rotatable bonds is 3. The van der Waals surface area contributed by atoms with Crippen molar-refractivity contribution in [2.75, 3.05) is 24.1 Å². The second kappa shape index (κ2) is 6.67. The molecule has 5 heteroatoms. The highest BCUT2D eigenvalue weighted by Crippen LogP contribution is 2.31. The molecule has 2 aliphatic rings. The molecule has 1 aliphatic carbocycles. The summed E-state index contributed by atoms with van der Waals surface area (Å²) in [6, 6.07) is 14.2. The summed E-state index contributed by atoms with van der Waals surface area (Å²) in [5.74, 6) is -0.224. The fourth-order valence-corrected chi connectivity index (χ4v) is 3.61. The highest BCUT2D eigenvalue weighted by molar-refractivity contribution is 6.27. The van der Waals surface area contributed by atoms with Gasteiger partial charge in [-0.15, -0.1) is 0 Å². The maximum absolute atomic E-state index is 13.2. The largest absolute Gasteiger partial charge is 0.399 e. The molecular weight excluding hydrogens is 326 g/mol. The van der Waals surface area contributed by atoms with Gasteiger partial charge in [-0.3, -0.25) is 9.59 Å². The number of piperidine rings is 1. The van der Waals surface area contributed by atoms with Gasteiger partial charge in [-0.1, -0.05) is 24.3 Å². The van der Waals surface area contributed by atoms with E-state index in [2.05, 4.69) is 10.2 Å². The van der Waals surface area contributed by atoms with Gasteiger partial charge in [-0.05, 0) is 43.5 Å². The molecule has 2 aromatic rings. The van der Waals surface area contributed by atoms with Crippen LogP contribution in [0.3, 0.4) is 0 Å². The van der Waals surface area contributed by atoms with Crippen molar-refractivity contribution >= 4 is 22.9 Å². The molecule has 5 nitrogen and oxygen atoms in total. The normalized spacial score (nSPS) is 17.3. The third-order valence-electron chi connectivity index (χ3n) is 4.95. The Bertz CT molecular complexity index is 894. The van der Waals surface area contributed by atoms with E-state index in [-0.39, 0.29) is 11.6 Å². The Morgan fingerprint density at radius 3 is 2.08 bits per heavy atom. The molecule has 0 unspecified atom stereocenters. The summed E-state index contributed by atoms with van der Waals surface area (Å²) in [6.07, 6.45) is 3.22. The van der Waals surface area contributed by atoms with Crippen molar-refractivity contribution in [3.63, 3.8) is 0 Å². The number of anilines is 2. The minimum atomic E-state index is -0.141. The van der Waals surface area contributed by atoms with Gasteiger partial charge in [-0.2, -0.15) is 0 Å². The maximum Gasteiger partial charge on any atom is 0.212 e. The molecule has 1 fully saturated rings. The SMILES string of the molecule is Nc1ccc(NC2=C(N3CCCCC3)C(=O)c3ccccc3C2=O)cc1. The molecule has 26 heavy (non-hydrogen) atoms. The van der Waals surface area contributed by atoms with Crippen LogP contribution in [-0.2, 0) is 0 Å². The van der Waals surface area contributed by atoms with Gasteiger partial charge in [0.2, 0.25) is 11.6 Å². The molecule has 0 radical (unpaired) electrons. The fourth-order valence-electron chi connectivity index (χ4n) is 3.61. The number of nitrogens with one attached hydrogen (secondary N) is 1. The number of benzene rings is 2. The summed E-state index contributed by atoms with van der Waals surface area (Å²) >= 11 is 0. The van der Waals surface area contributed by atoms with E-state index in [1.807, 2.05) is 12.1 Å². The van der Waals surface area contributed by atoms with Gasteiger partial charge in [0.25, 0.3) is 0 Å². The molecule has 1 aliphatic heterocycles. The van der Waals surface area contributed by atoms with Crippen LogP contribution in [0, 0.1) is 0 Å². The molecule has 4 rings (SSSR count). The number of hydrogen-bond acceptors (Lipinski definition) is 5. The third kappa shape index (κ3) is 2.86. The lowest BCUT2D eigenvalue weighted by Gasteiger charge is -2.34. The summed E-state index contributed by atoms with van der Waals surface area (Å²) in [5, 5.41) is 3.19. The van der Waals surface area contributed by atoms with E-state index in [1.165, 1.54) is 0 Å². The zero-order valence-corrected chi connectivity index (χ0v) is 14.5. The molecule has 0 bridgehead atoms. The van der Waals surface area contributed by atoms with Crippen LogP contribution in [0.5, 0.6) is 0 Å². The van der Waals surface area contributed by atoms with Crippen molar-refractivity contribution in [1.29, 1.82) is 0 Å². The van der Waals surface area contributed by atoms with E-state index in [0.29, 0.717) is 28.2 Å². The van der Waals surface area contributed by atoms with Crippen molar-refractivity contribution in [3.8, 4) is 0 Å². The molecule has 1 heterocycles. The first kappa shape index (κ1) is 16.4. The lowest BCUT2D eigenvalue weighted by molar-refractivity contribution is 0.0935. The zero-order chi connectivity index (χ0) is 18.1. The number of likely N-dealkylation sites (tertiary alicyclic amines) is 1. The van der Waals surface area contributed by atoms with Gasteiger partial charge in [0, 0.05) is 35.6 Å². The van der Waals surface area contributed by atoms with E-state index in [4.69, 9.17) is 5.73 Å². The first-order chi connectivity index (χ1) is 12.6. The Kier molecular flexibility index (Phi) is 4.21. The van der Waals surface area contributed by atoms with Gasteiger partial charge >= 0.3 is 0 Å². The Hall–Kier alpha value is -3.08. The number of ketones is 2.